The molecule has 1 aromatic heterocycles. The van der Waals surface area contributed by atoms with Gasteiger partial charge in [0, 0.05) is 7.05 Å². The largest absolute Gasteiger partial charge is 0.495 e. The lowest BCUT2D eigenvalue weighted by Gasteiger charge is -2.22. The van der Waals surface area contributed by atoms with Gasteiger partial charge in [0.15, 0.2) is 6.29 Å². The Kier molecular flexibility index (Phi) is 4.20. The SMILES string of the molecule is COc1ccccc1N(C)c1nc(C)nc(Cl)c1C=O. The maximum atomic E-state index is 11.2. The number of aryl methyl sites for hydroxylation is 1. The molecule has 0 radical (unpaired) electrons. The zero-order valence-corrected chi connectivity index (χ0v) is 12.2. The van der Waals surface area contributed by atoms with Gasteiger partial charge in [0.1, 0.15) is 22.5 Å². The van der Waals surface area contributed by atoms with Crippen molar-refractivity contribution >= 4 is 29.4 Å². The predicted molar refractivity (Wildman–Crippen MR) is 78.2 cm³/mol. The Bertz CT molecular complexity index is 646. The van der Waals surface area contributed by atoms with E-state index >= 15 is 0 Å². The summed E-state index contributed by atoms with van der Waals surface area (Å²) in [7, 11) is 3.38. The Morgan fingerprint density at radius 1 is 1.30 bits per heavy atom. The quantitative estimate of drug-likeness (QED) is 0.640. The van der Waals surface area contributed by atoms with E-state index in [2.05, 4.69) is 9.97 Å². The Labute approximate surface area is 122 Å². The van der Waals surface area contributed by atoms with E-state index < -0.39 is 0 Å². The van der Waals surface area contributed by atoms with Crippen LogP contribution in [0.2, 0.25) is 5.15 Å². The molecule has 0 aliphatic heterocycles. The summed E-state index contributed by atoms with van der Waals surface area (Å²) in [6, 6.07) is 7.46. The third-order valence-corrected chi connectivity index (χ3v) is 3.16. The van der Waals surface area contributed by atoms with Crippen LogP contribution in [0.3, 0.4) is 0 Å². The topological polar surface area (TPSA) is 55.3 Å². The molecule has 0 N–H and O–H groups in total. The highest BCUT2D eigenvalue weighted by atomic mass is 35.5. The van der Waals surface area contributed by atoms with Gasteiger partial charge in [0.2, 0.25) is 0 Å². The summed E-state index contributed by atoms with van der Waals surface area (Å²) in [6.45, 7) is 1.72. The molecule has 0 amide bonds. The Balaban J connectivity index is 2.58. The molecule has 0 saturated heterocycles. The van der Waals surface area contributed by atoms with Crippen LogP contribution in [-0.4, -0.2) is 30.4 Å². The molecule has 1 aromatic carbocycles. The highest BCUT2D eigenvalue weighted by Crippen LogP contribution is 2.33. The second-order valence-corrected chi connectivity index (χ2v) is 4.51. The average Bonchev–Trinajstić information content (AvgIpc) is 2.45. The van der Waals surface area contributed by atoms with Gasteiger partial charge < -0.3 is 9.64 Å². The van der Waals surface area contributed by atoms with Crippen LogP contribution in [0.1, 0.15) is 16.2 Å². The van der Waals surface area contributed by atoms with Gasteiger partial charge in [-0.2, -0.15) is 0 Å². The number of halogens is 1. The van der Waals surface area contributed by atoms with Gasteiger partial charge in [-0.15, -0.1) is 0 Å². The summed E-state index contributed by atoms with van der Waals surface area (Å²) < 4.78 is 5.32. The molecule has 1 heterocycles. The van der Waals surface area contributed by atoms with Crippen molar-refractivity contribution in [3.05, 3.63) is 40.8 Å². The van der Waals surface area contributed by atoms with Crippen molar-refractivity contribution in [1.82, 2.24) is 9.97 Å². The lowest BCUT2D eigenvalue weighted by molar-refractivity contribution is 0.112. The number of ether oxygens (including phenoxy) is 1. The fourth-order valence-electron chi connectivity index (χ4n) is 1.91. The first-order valence-electron chi connectivity index (χ1n) is 5.94. The number of rotatable bonds is 4. The van der Waals surface area contributed by atoms with Crippen LogP contribution in [0.15, 0.2) is 24.3 Å². The first-order chi connectivity index (χ1) is 9.58. The molecule has 20 heavy (non-hydrogen) atoms. The maximum absolute atomic E-state index is 11.2. The number of nitrogens with zero attached hydrogens (tertiary/aromatic N) is 3. The fourth-order valence-corrected chi connectivity index (χ4v) is 2.16. The number of aromatic nitrogens is 2. The van der Waals surface area contributed by atoms with Crippen molar-refractivity contribution in [2.45, 2.75) is 6.92 Å². The number of aldehydes is 1. The summed E-state index contributed by atoms with van der Waals surface area (Å²) in [4.78, 5) is 21.3. The van der Waals surface area contributed by atoms with Crippen molar-refractivity contribution in [1.29, 1.82) is 0 Å². The van der Waals surface area contributed by atoms with Crippen molar-refractivity contribution in [3.8, 4) is 5.75 Å². The molecule has 0 saturated carbocycles. The molecule has 5 nitrogen and oxygen atoms in total. The summed E-state index contributed by atoms with van der Waals surface area (Å²) >= 11 is 6.00. The van der Waals surface area contributed by atoms with Crippen LogP contribution < -0.4 is 9.64 Å². The number of benzene rings is 1. The van der Waals surface area contributed by atoms with Gasteiger partial charge in [-0.25, -0.2) is 9.97 Å². The van der Waals surface area contributed by atoms with E-state index in [1.807, 2.05) is 24.3 Å². The van der Waals surface area contributed by atoms with E-state index in [4.69, 9.17) is 16.3 Å². The lowest BCUT2D eigenvalue weighted by Crippen LogP contribution is -2.16. The summed E-state index contributed by atoms with van der Waals surface area (Å²) in [5, 5.41) is 0.143. The third-order valence-electron chi connectivity index (χ3n) is 2.87. The Morgan fingerprint density at radius 3 is 2.65 bits per heavy atom. The second-order valence-electron chi connectivity index (χ2n) is 4.15. The smallest absolute Gasteiger partial charge is 0.156 e. The van der Waals surface area contributed by atoms with Gasteiger partial charge >= 0.3 is 0 Å². The molecule has 0 unspecified atom stereocenters. The molecule has 0 aliphatic carbocycles. The van der Waals surface area contributed by atoms with Crippen molar-refractivity contribution in [3.63, 3.8) is 0 Å². The molecule has 0 atom stereocenters. The minimum atomic E-state index is 0.143. The number of anilines is 2. The minimum Gasteiger partial charge on any atom is -0.495 e. The number of carbonyl (C=O) groups excluding carboxylic acids is 1. The van der Waals surface area contributed by atoms with Gasteiger partial charge in [-0.1, -0.05) is 23.7 Å². The number of methoxy groups -OCH3 is 1. The van der Waals surface area contributed by atoms with E-state index in [0.29, 0.717) is 23.7 Å². The Hall–Kier alpha value is -2.14. The molecule has 2 rings (SSSR count). The monoisotopic (exact) mass is 291 g/mol. The zero-order valence-electron chi connectivity index (χ0n) is 11.4. The molecular formula is C14H14ClN3O2. The number of hydrogen-bond donors (Lipinski definition) is 0. The number of para-hydroxylation sites is 2. The summed E-state index contributed by atoms with van der Waals surface area (Å²) in [5.41, 5.74) is 1.04. The van der Waals surface area contributed by atoms with Crippen molar-refractivity contribution in [2.75, 3.05) is 19.1 Å². The summed E-state index contributed by atoms with van der Waals surface area (Å²) in [6.07, 6.45) is 0.656. The number of carbonyl (C=O) groups is 1. The van der Waals surface area contributed by atoms with E-state index in [9.17, 15) is 4.79 Å². The fraction of sp³-hybridized carbons (Fsp3) is 0.214. The van der Waals surface area contributed by atoms with Crippen LogP contribution in [-0.2, 0) is 0 Å². The molecule has 0 bridgehead atoms. The van der Waals surface area contributed by atoms with E-state index in [0.717, 1.165) is 5.69 Å². The molecule has 0 aliphatic rings. The zero-order chi connectivity index (χ0) is 14.7. The van der Waals surface area contributed by atoms with E-state index in [1.165, 1.54) is 0 Å². The normalized spacial score (nSPS) is 10.2. The van der Waals surface area contributed by atoms with E-state index in [-0.39, 0.29) is 10.7 Å². The minimum absolute atomic E-state index is 0.143. The van der Waals surface area contributed by atoms with E-state index in [1.54, 1.807) is 26.0 Å². The van der Waals surface area contributed by atoms with Crippen LogP contribution in [0.4, 0.5) is 11.5 Å². The first kappa shape index (κ1) is 14.3. The molecule has 104 valence electrons. The van der Waals surface area contributed by atoms with Crippen LogP contribution in [0.5, 0.6) is 5.75 Å². The highest BCUT2D eigenvalue weighted by molar-refractivity contribution is 6.32. The first-order valence-corrected chi connectivity index (χ1v) is 6.32. The number of hydrogen-bond acceptors (Lipinski definition) is 5. The summed E-state index contributed by atoms with van der Waals surface area (Å²) in [5.74, 6) is 1.62. The van der Waals surface area contributed by atoms with Crippen LogP contribution >= 0.6 is 11.6 Å². The molecular weight excluding hydrogens is 278 g/mol. The van der Waals surface area contributed by atoms with Gasteiger partial charge in [-0.3, -0.25) is 4.79 Å². The van der Waals surface area contributed by atoms with Crippen molar-refractivity contribution < 1.29 is 9.53 Å². The maximum Gasteiger partial charge on any atom is 0.156 e. The average molecular weight is 292 g/mol. The highest BCUT2D eigenvalue weighted by Gasteiger charge is 2.18. The molecule has 0 spiro atoms. The molecule has 0 fully saturated rings. The van der Waals surface area contributed by atoms with Gasteiger partial charge in [-0.05, 0) is 19.1 Å². The second kappa shape index (κ2) is 5.88. The lowest BCUT2D eigenvalue weighted by atomic mass is 10.2. The van der Waals surface area contributed by atoms with Crippen LogP contribution in [0.25, 0.3) is 0 Å². The molecule has 2 aromatic rings. The standard InChI is InChI=1S/C14H14ClN3O2/c1-9-16-13(15)10(8-19)14(17-9)18(2)11-6-4-5-7-12(11)20-3/h4-8H,1-3H3. The van der Waals surface area contributed by atoms with Crippen LogP contribution in [0, 0.1) is 6.92 Å². The molecule has 6 heteroatoms. The third kappa shape index (κ3) is 2.58. The van der Waals surface area contributed by atoms with Gasteiger partial charge in [0.25, 0.3) is 0 Å². The predicted octanol–water partition coefficient (Wildman–Crippen LogP) is 3.03. The Morgan fingerprint density at radius 2 is 2.00 bits per heavy atom. The van der Waals surface area contributed by atoms with Crippen molar-refractivity contribution in [2.24, 2.45) is 0 Å². The van der Waals surface area contributed by atoms with Gasteiger partial charge in [0.05, 0.1) is 18.4 Å².